The van der Waals surface area contributed by atoms with Gasteiger partial charge >= 0.3 is 0 Å². The van der Waals surface area contributed by atoms with Crippen LogP contribution in [0.3, 0.4) is 0 Å². The van der Waals surface area contributed by atoms with Crippen LogP contribution in [0, 0.1) is 0 Å². The van der Waals surface area contributed by atoms with Gasteiger partial charge in [0.25, 0.3) is 0 Å². The molecular weight excluding hydrogens is 260 g/mol. The van der Waals surface area contributed by atoms with E-state index >= 15 is 0 Å². The smallest absolute Gasteiger partial charge is 0.224 e. The molecule has 20 heavy (non-hydrogen) atoms. The van der Waals surface area contributed by atoms with Crippen molar-refractivity contribution in [2.24, 2.45) is 0 Å². The molecule has 5 heteroatoms. The van der Waals surface area contributed by atoms with E-state index in [9.17, 15) is 5.11 Å². The second-order valence-electron chi connectivity index (χ2n) is 6.06. The van der Waals surface area contributed by atoms with Gasteiger partial charge in [-0.2, -0.15) is 0 Å². The standard InChI is InChI=1S/C15H26O5/c1-2-12(16)13-11-19-14(7-3-5-9-17-14)15(20-13)8-4-6-10-18-15/h12-13,16H,2-11H2,1H3/t12-,13+,14+,15+/m0/s1. The number of ether oxygens (including phenoxy) is 4. The second-order valence-corrected chi connectivity index (χ2v) is 6.06. The largest absolute Gasteiger partial charge is 0.390 e. The molecule has 3 saturated heterocycles. The Labute approximate surface area is 120 Å². The van der Waals surface area contributed by atoms with E-state index in [1.807, 2.05) is 6.92 Å². The number of aliphatic hydroxyl groups excluding tert-OH is 1. The molecule has 0 aromatic rings. The molecular formula is C15H26O5. The summed E-state index contributed by atoms with van der Waals surface area (Å²) in [5, 5.41) is 10.1. The van der Waals surface area contributed by atoms with Gasteiger partial charge in [0.05, 0.1) is 25.9 Å². The molecule has 3 aliphatic heterocycles. The molecule has 5 nitrogen and oxygen atoms in total. The van der Waals surface area contributed by atoms with Gasteiger partial charge in [-0.05, 0) is 32.1 Å². The first-order chi connectivity index (χ1) is 9.71. The van der Waals surface area contributed by atoms with Gasteiger partial charge in [0, 0.05) is 12.8 Å². The first kappa shape index (κ1) is 14.7. The zero-order valence-corrected chi connectivity index (χ0v) is 12.3. The lowest BCUT2D eigenvalue weighted by Gasteiger charge is -2.56. The highest BCUT2D eigenvalue weighted by Gasteiger charge is 2.61. The summed E-state index contributed by atoms with van der Waals surface area (Å²) in [7, 11) is 0. The number of hydrogen-bond acceptors (Lipinski definition) is 5. The van der Waals surface area contributed by atoms with Gasteiger partial charge < -0.3 is 24.1 Å². The summed E-state index contributed by atoms with van der Waals surface area (Å²) in [4.78, 5) is 0. The van der Waals surface area contributed by atoms with Crippen LogP contribution >= 0.6 is 0 Å². The molecule has 0 aromatic heterocycles. The van der Waals surface area contributed by atoms with Crippen LogP contribution in [0.2, 0.25) is 0 Å². The van der Waals surface area contributed by atoms with Gasteiger partial charge in [-0.1, -0.05) is 6.92 Å². The molecule has 1 N–H and O–H groups in total. The Kier molecular flexibility index (Phi) is 4.34. The highest BCUT2D eigenvalue weighted by molar-refractivity contribution is 4.97. The molecule has 0 radical (unpaired) electrons. The van der Waals surface area contributed by atoms with Crippen LogP contribution in [0.15, 0.2) is 0 Å². The van der Waals surface area contributed by atoms with Crippen LogP contribution in [-0.4, -0.2) is 48.7 Å². The number of aliphatic hydroxyl groups is 1. The number of fused-ring (bicyclic) bond motifs is 1. The predicted molar refractivity (Wildman–Crippen MR) is 72.2 cm³/mol. The summed E-state index contributed by atoms with van der Waals surface area (Å²) in [6.07, 6.45) is 5.61. The van der Waals surface area contributed by atoms with Crippen LogP contribution in [-0.2, 0) is 18.9 Å². The van der Waals surface area contributed by atoms with Gasteiger partial charge in [0.15, 0.2) is 0 Å². The molecule has 3 heterocycles. The SMILES string of the molecule is CC[C@H](O)[C@H]1CO[C@]2(CCCCO2)[C@@]2(CCCCO2)O1. The highest BCUT2D eigenvalue weighted by atomic mass is 16.8. The maximum Gasteiger partial charge on any atom is 0.224 e. The van der Waals surface area contributed by atoms with Crippen molar-refractivity contribution >= 4 is 0 Å². The summed E-state index contributed by atoms with van der Waals surface area (Å²) in [5.41, 5.74) is 0. The van der Waals surface area contributed by atoms with E-state index in [1.54, 1.807) is 0 Å². The molecule has 3 rings (SSSR count). The maximum absolute atomic E-state index is 10.1. The van der Waals surface area contributed by atoms with Gasteiger partial charge in [0.1, 0.15) is 6.10 Å². The molecule has 2 spiro atoms. The lowest BCUT2D eigenvalue weighted by atomic mass is 9.89. The Hall–Kier alpha value is -0.200. The minimum Gasteiger partial charge on any atom is -0.390 e. The lowest BCUT2D eigenvalue weighted by Crippen LogP contribution is -2.68. The predicted octanol–water partition coefficient (Wildman–Crippen LogP) is 1.97. The van der Waals surface area contributed by atoms with Crippen molar-refractivity contribution in [1.29, 1.82) is 0 Å². The molecule has 3 fully saturated rings. The Morgan fingerprint density at radius 2 is 1.65 bits per heavy atom. The third-order valence-electron chi connectivity index (χ3n) is 4.72. The Morgan fingerprint density at radius 3 is 2.20 bits per heavy atom. The summed E-state index contributed by atoms with van der Waals surface area (Å²) in [5.74, 6) is -1.60. The number of rotatable bonds is 2. The van der Waals surface area contributed by atoms with Crippen LogP contribution in [0.5, 0.6) is 0 Å². The molecule has 0 unspecified atom stereocenters. The second kappa shape index (κ2) is 5.89. The Bertz CT molecular complexity index is 320. The van der Waals surface area contributed by atoms with Crippen molar-refractivity contribution in [2.45, 2.75) is 75.7 Å². The zero-order chi connectivity index (χ0) is 14.1. The molecule has 3 aliphatic rings. The fraction of sp³-hybridized carbons (Fsp3) is 1.00. The summed E-state index contributed by atoms with van der Waals surface area (Å²) < 4.78 is 24.4. The van der Waals surface area contributed by atoms with Crippen LogP contribution < -0.4 is 0 Å². The van der Waals surface area contributed by atoms with Gasteiger partial charge in [-0.3, -0.25) is 0 Å². The Morgan fingerprint density at radius 1 is 1.00 bits per heavy atom. The van der Waals surface area contributed by atoms with Crippen LogP contribution in [0.25, 0.3) is 0 Å². The fourth-order valence-electron chi connectivity index (χ4n) is 3.49. The summed E-state index contributed by atoms with van der Waals surface area (Å²) in [6.45, 7) is 3.68. The Balaban J connectivity index is 1.83. The lowest BCUT2D eigenvalue weighted by molar-refractivity contribution is -0.471. The van der Waals surface area contributed by atoms with Gasteiger partial charge in [-0.15, -0.1) is 0 Å². The molecule has 0 saturated carbocycles. The summed E-state index contributed by atoms with van der Waals surface area (Å²) in [6, 6.07) is 0. The summed E-state index contributed by atoms with van der Waals surface area (Å²) >= 11 is 0. The maximum atomic E-state index is 10.1. The van der Waals surface area contributed by atoms with E-state index in [0.717, 1.165) is 38.5 Å². The van der Waals surface area contributed by atoms with Crippen molar-refractivity contribution in [1.82, 2.24) is 0 Å². The van der Waals surface area contributed by atoms with Crippen molar-refractivity contribution in [3.05, 3.63) is 0 Å². The third-order valence-corrected chi connectivity index (χ3v) is 4.72. The highest BCUT2D eigenvalue weighted by Crippen LogP contribution is 2.48. The van der Waals surface area contributed by atoms with Crippen molar-refractivity contribution in [2.75, 3.05) is 19.8 Å². The van der Waals surface area contributed by atoms with E-state index in [2.05, 4.69) is 0 Å². The normalized spacial score (nSPS) is 43.8. The zero-order valence-electron chi connectivity index (χ0n) is 12.3. The quantitative estimate of drug-likeness (QED) is 0.841. The van der Waals surface area contributed by atoms with Gasteiger partial charge in [0.2, 0.25) is 11.6 Å². The minimum absolute atomic E-state index is 0.325. The van der Waals surface area contributed by atoms with Gasteiger partial charge in [-0.25, -0.2) is 0 Å². The number of hydrogen-bond donors (Lipinski definition) is 1. The van der Waals surface area contributed by atoms with Crippen LogP contribution in [0.4, 0.5) is 0 Å². The molecule has 4 atom stereocenters. The first-order valence-corrected chi connectivity index (χ1v) is 7.99. The molecule has 0 bridgehead atoms. The third kappa shape index (κ3) is 2.40. The molecule has 0 aliphatic carbocycles. The van der Waals surface area contributed by atoms with Crippen molar-refractivity contribution < 1.29 is 24.1 Å². The van der Waals surface area contributed by atoms with E-state index in [0.29, 0.717) is 26.2 Å². The average molecular weight is 286 g/mol. The average Bonchev–Trinajstić information content (AvgIpc) is 2.51. The first-order valence-electron chi connectivity index (χ1n) is 7.99. The molecule has 0 amide bonds. The van der Waals surface area contributed by atoms with E-state index in [-0.39, 0.29) is 6.10 Å². The topological polar surface area (TPSA) is 57.2 Å². The van der Waals surface area contributed by atoms with Crippen LogP contribution in [0.1, 0.15) is 51.9 Å². The fourth-order valence-corrected chi connectivity index (χ4v) is 3.49. The molecule has 0 aromatic carbocycles. The van der Waals surface area contributed by atoms with E-state index in [1.165, 1.54) is 0 Å². The van der Waals surface area contributed by atoms with Crippen molar-refractivity contribution in [3.8, 4) is 0 Å². The van der Waals surface area contributed by atoms with E-state index < -0.39 is 17.7 Å². The molecule has 116 valence electrons. The minimum atomic E-state index is -0.829. The van der Waals surface area contributed by atoms with Crippen molar-refractivity contribution in [3.63, 3.8) is 0 Å². The monoisotopic (exact) mass is 286 g/mol. The van der Waals surface area contributed by atoms with E-state index in [4.69, 9.17) is 18.9 Å².